The molecule has 7 nitrogen and oxygen atoms in total. The van der Waals surface area contributed by atoms with E-state index in [9.17, 15) is 9.59 Å². The zero-order valence-corrected chi connectivity index (χ0v) is 16.5. The Morgan fingerprint density at radius 2 is 1.92 bits per heavy atom. The molecule has 2 aromatic heterocycles. The third kappa shape index (κ3) is 5.59. The lowest BCUT2D eigenvalue weighted by Gasteiger charge is -2.15. The van der Waals surface area contributed by atoms with Gasteiger partial charge in [-0.05, 0) is 33.8 Å². The molecule has 140 valence electrons. The van der Waals surface area contributed by atoms with E-state index in [4.69, 9.17) is 4.74 Å². The predicted octanol–water partition coefficient (Wildman–Crippen LogP) is 2.08. The van der Waals surface area contributed by atoms with E-state index in [0.29, 0.717) is 16.6 Å². The minimum Gasteiger partial charge on any atom is -0.491 e. The monoisotopic (exact) mass is 376 g/mol. The van der Waals surface area contributed by atoms with Gasteiger partial charge in [-0.3, -0.25) is 9.59 Å². The van der Waals surface area contributed by atoms with Gasteiger partial charge in [0, 0.05) is 34.9 Å². The first-order chi connectivity index (χ1) is 12.3. The van der Waals surface area contributed by atoms with Gasteiger partial charge in [0.05, 0.1) is 13.3 Å². The number of rotatable bonds is 7. The number of ether oxygens (including phenoxy) is 1. The van der Waals surface area contributed by atoms with Crippen LogP contribution >= 0.6 is 11.8 Å². The Balaban J connectivity index is 2.26. The van der Waals surface area contributed by atoms with Crippen molar-refractivity contribution >= 4 is 17.7 Å². The highest BCUT2D eigenvalue weighted by molar-refractivity contribution is 7.98. The van der Waals surface area contributed by atoms with Crippen molar-refractivity contribution in [3.63, 3.8) is 0 Å². The molecule has 2 heterocycles. The molecule has 0 spiro atoms. The molecule has 0 aromatic carbocycles. The maximum absolute atomic E-state index is 12.1. The van der Waals surface area contributed by atoms with E-state index in [1.165, 1.54) is 24.9 Å². The number of methoxy groups -OCH3 is 1. The lowest BCUT2D eigenvalue weighted by molar-refractivity contribution is -0.122. The zero-order chi connectivity index (χ0) is 19.3. The molecule has 8 heteroatoms. The summed E-state index contributed by atoms with van der Waals surface area (Å²) in [6, 6.07) is 3.45. The summed E-state index contributed by atoms with van der Waals surface area (Å²) in [5.41, 5.74) is 2.28. The predicted molar refractivity (Wildman–Crippen MR) is 102 cm³/mol. The minimum atomic E-state index is -0.218. The first-order valence-corrected chi connectivity index (χ1v) is 9.29. The smallest absolute Gasteiger partial charge is 0.240 e. The summed E-state index contributed by atoms with van der Waals surface area (Å²) in [7, 11) is 1.44. The van der Waals surface area contributed by atoms with E-state index in [1.807, 2.05) is 33.8 Å². The molecule has 0 unspecified atom stereocenters. The average Bonchev–Trinajstić information content (AvgIpc) is 2.53. The van der Waals surface area contributed by atoms with Gasteiger partial charge in [0.1, 0.15) is 6.54 Å². The van der Waals surface area contributed by atoms with Crippen molar-refractivity contribution in [1.29, 1.82) is 0 Å². The van der Waals surface area contributed by atoms with Gasteiger partial charge in [-0.2, -0.15) is 0 Å². The van der Waals surface area contributed by atoms with Gasteiger partial charge < -0.3 is 14.6 Å². The summed E-state index contributed by atoms with van der Waals surface area (Å²) < 4.78 is 6.83. The fourth-order valence-electron chi connectivity index (χ4n) is 2.44. The Morgan fingerprint density at radius 1 is 1.27 bits per heavy atom. The summed E-state index contributed by atoms with van der Waals surface area (Å²) >= 11 is 1.42. The van der Waals surface area contributed by atoms with Crippen molar-refractivity contribution < 1.29 is 9.53 Å². The Kier molecular flexibility index (Phi) is 6.79. The second kappa shape index (κ2) is 8.84. The van der Waals surface area contributed by atoms with Crippen LogP contribution in [-0.2, 0) is 17.1 Å². The molecule has 0 bridgehead atoms. The molecule has 0 saturated heterocycles. The first-order valence-electron chi connectivity index (χ1n) is 8.30. The molecule has 0 fully saturated rings. The number of aryl methyl sites for hydroxylation is 2. The number of hydrogen-bond donors (Lipinski definition) is 1. The molecule has 26 heavy (non-hydrogen) atoms. The van der Waals surface area contributed by atoms with Gasteiger partial charge in [-0.25, -0.2) is 9.97 Å². The SMILES string of the molecule is COc1cn(CC(=O)NC(C)C)c(CSc2nc(C)cc(C)n2)cc1=O. The Morgan fingerprint density at radius 3 is 2.50 bits per heavy atom. The maximum atomic E-state index is 12.1. The molecular formula is C18H24N4O3S. The third-order valence-electron chi connectivity index (χ3n) is 3.48. The molecule has 0 atom stereocenters. The fourth-order valence-corrected chi connectivity index (χ4v) is 3.38. The van der Waals surface area contributed by atoms with Crippen LogP contribution in [0.15, 0.2) is 28.3 Å². The highest BCUT2D eigenvalue weighted by Gasteiger charge is 2.12. The van der Waals surface area contributed by atoms with Gasteiger partial charge in [-0.1, -0.05) is 11.8 Å². The second-order valence-electron chi connectivity index (χ2n) is 6.27. The van der Waals surface area contributed by atoms with Gasteiger partial charge in [0.25, 0.3) is 0 Å². The first kappa shape index (κ1) is 20.0. The molecule has 1 amide bonds. The topological polar surface area (TPSA) is 86.1 Å². The number of nitrogens with one attached hydrogen (secondary N) is 1. The number of carbonyl (C=O) groups excluding carboxylic acids is 1. The number of amides is 1. The number of pyridine rings is 1. The van der Waals surface area contributed by atoms with E-state index >= 15 is 0 Å². The summed E-state index contributed by atoms with van der Waals surface area (Å²) in [6.07, 6.45) is 1.57. The van der Waals surface area contributed by atoms with Crippen molar-refractivity contribution in [1.82, 2.24) is 19.9 Å². The Labute approximate surface area is 157 Å². The molecule has 0 saturated carbocycles. The lowest BCUT2D eigenvalue weighted by Crippen LogP contribution is -2.34. The van der Waals surface area contributed by atoms with Crippen molar-refractivity contribution in [2.24, 2.45) is 0 Å². The second-order valence-corrected chi connectivity index (χ2v) is 7.21. The molecule has 0 aliphatic carbocycles. The molecule has 1 N–H and O–H groups in total. The fraction of sp³-hybridized carbons (Fsp3) is 0.444. The number of thioether (sulfide) groups is 1. The third-order valence-corrected chi connectivity index (χ3v) is 4.36. The minimum absolute atomic E-state index is 0.0465. The van der Waals surface area contributed by atoms with Crippen LogP contribution in [0.25, 0.3) is 0 Å². The van der Waals surface area contributed by atoms with E-state index in [0.717, 1.165) is 11.4 Å². The van der Waals surface area contributed by atoms with E-state index < -0.39 is 0 Å². The number of hydrogen-bond acceptors (Lipinski definition) is 6. The largest absolute Gasteiger partial charge is 0.491 e. The molecule has 2 rings (SSSR count). The zero-order valence-electron chi connectivity index (χ0n) is 15.7. The van der Waals surface area contributed by atoms with Crippen LogP contribution in [0.2, 0.25) is 0 Å². The molecule has 2 aromatic rings. The molecule has 0 aliphatic rings. The molecule has 0 aliphatic heterocycles. The summed E-state index contributed by atoms with van der Waals surface area (Å²) in [6.45, 7) is 7.74. The van der Waals surface area contributed by atoms with Crippen molar-refractivity contribution in [2.75, 3.05) is 7.11 Å². The van der Waals surface area contributed by atoms with Crippen LogP contribution in [0.3, 0.4) is 0 Å². The number of aromatic nitrogens is 3. The molecular weight excluding hydrogens is 352 g/mol. The van der Waals surface area contributed by atoms with Crippen LogP contribution in [-0.4, -0.2) is 33.6 Å². The summed E-state index contributed by atoms with van der Waals surface area (Å²) in [5, 5.41) is 3.49. The molecule has 0 radical (unpaired) electrons. The quantitative estimate of drug-likeness (QED) is 0.588. The highest BCUT2D eigenvalue weighted by Crippen LogP contribution is 2.20. The summed E-state index contributed by atoms with van der Waals surface area (Å²) in [4.78, 5) is 33.1. The Bertz CT molecular complexity index is 829. The number of nitrogens with zero attached hydrogens (tertiary/aromatic N) is 3. The summed E-state index contributed by atoms with van der Waals surface area (Å²) in [5.74, 6) is 0.551. The maximum Gasteiger partial charge on any atom is 0.240 e. The highest BCUT2D eigenvalue weighted by atomic mass is 32.2. The van der Waals surface area contributed by atoms with E-state index in [2.05, 4.69) is 15.3 Å². The van der Waals surface area contributed by atoms with Crippen LogP contribution in [0.5, 0.6) is 5.75 Å². The van der Waals surface area contributed by atoms with Crippen LogP contribution < -0.4 is 15.5 Å². The van der Waals surface area contributed by atoms with E-state index in [-0.39, 0.29) is 29.7 Å². The van der Waals surface area contributed by atoms with Crippen molar-refractivity contribution in [2.45, 2.75) is 51.2 Å². The van der Waals surface area contributed by atoms with Gasteiger partial charge in [0.15, 0.2) is 10.9 Å². The van der Waals surface area contributed by atoms with Crippen molar-refractivity contribution in [3.05, 3.63) is 45.6 Å². The Hall–Kier alpha value is -2.35. The van der Waals surface area contributed by atoms with Crippen LogP contribution in [0.1, 0.15) is 30.9 Å². The van der Waals surface area contributed by atoms with Crippen LogP contribution in [0, 0.1) is 13.8 Å². The van der Waals surface area contributed by atoms with Crippen molar-refractivity contribution in [3.8, 4) is 5.75 Å². The van der Waals surface area contributed by atoms with Gasteiger partial charge in [-0.15, -0.1) is 0 Å². The normalized spacial score (nSPS) is 10.8. The standard InChI is InChI=1S/C18H24N4O3S/c1-11(2)19-17(24)9-22-8-16(25-5)15(23)7-14(22)10-26-18-20-12(3)6-13(4)21-18/h6-8,11H,9-10H2,1-5H3,(H,19,24). The van der Waals surface area contributed by atoms with E-state index in [1.54, 1.807) is 10.8 Å². The lowest BCUT2D eigenvalue weighted by atomic mass is 10.3. The van der Waals surface area contributed by atoms with Crippen LogP contribution in [0.4, 0.5) is 0 Å². The van der Waals surface area contributed by atoms with Gasteiger partial charge in [0.2, 0.25) is 11.3 Å². The van der Waals surface area contributed by atoms with Gasteiger partial charge >= 0.3 is 0 Å². The average molecular weight is 376 g/mol. The number of carbonyl (C=O) groups is 1.